The lowest BCUT2D eigenvalue weighted by Gasteiger charge is -2.17. The molecule has 0 radical (unpaired) electrons. The van der Waals surface area contributed by atoms with Gasteiger partial charge >= 0.3 is 18.3 Å². The number of carboxylic acid groups (broad SMARTS) is 1. The van der Waals surface area contributed by atoms with Crippen molar-refractivity contribution in [3.63, 3.8) is 0 Å². The Kier molecular flexibility index (Phi) is 6.95. The molecule has 2 aromatic carbocycles. The fourth-order valence-corrected chi connectivity index (χ4v) is 2.78. The minimum Gasteiger partial charge on any atom is -0.480 e. The number of benzene rings is 2. The van der Waals surface area contributed by atoms with Crippen molar-refractivity contribution in [2.45, 2.75) is 31.2 Å². The molecule has 0 aliphatic heterocycles. The van der Waals surface area contributed by atoms with Crippen LogP contribution in [-0.4, -0.2) is 23.0 Å². The Morgan fingerprint density at radius 1 is 1.00 bits per heavy atom. The summed E-state index contributed by atoms with van der Waals surface area (Å²) in [7, 11) is 0. The molecule has 0 aliphatic carbocycles. The molecule has 164 valence electrons. The first-order chi connectivity index (χ1) is 14.3. The van der Waals surface area contributed by atoms with E-state index in [0.717, 1.165) is 0 Å². The number of aliphatic carboxylic acids is 1. The Balaban J connectivity index is 2.25. The maximum atomic E-state index is 12.9. The summed E-state index contributed by atoms with van der Waals surface area (Å²) in [5, 5.41) is 20.5. The number of amides is 1. The molecule has 2 N–H and O–H groups in total. The molecule has 0 spiro atoms. The van der Waals surface area contributed by atoms with Crippen molar-refractivity contribution in [2.75, 3.05) is 0 Å². The maximum Gasteiger partial charge on any atom is 0.416 e. The number of nitrogens with one attached hydrogen (secondary N) is 1. The summed E-state index contributed by atoms with van der Waals surface area (Å²) in [6.45, 7) is 0. The lowest BCUT2D eigenvalue weighted by molar-refractivity contribution is -0.143. The van der Waals surface area contributed by atoms with Crippen molar-refractivity contribution < 1.29 is 41.0 Å². The Morgan fingerprint density at radius 3 is 2.03 bits per heavy atom. The van der Waals surface area contributed by atoms with E-state index in [1.165, 1.54) is 18.2 Å². The quantitative estimate of drug-likeness (QED) is 0.661. The predicted octanol–water partition coefficient (Wildman–Crippen LogP) is 3.95. The Labute approximate surface area is 171 Å². The summed E-state index contributed by atoms with van der Waals surface area (Å²) in [6.07, 6.45) is -11.4. The monoisotopic (exact) mass is 444 g/mol. The number of carboxylic acids is 1. The second-order valence-electron chi connectivity index (χ2n) is 6.52. The third kappa shape index (κ3) is 6.47. The number of hydrogen-bond acceptors (Lipinski definition) is 3. The van der Waals surface area contributed by atoms with Crippen LogP contribution in [0.5, 0.6) is 0 Å². The highest BCUT2D eigenvalue weighted by Crippen LogP contribution is 2.36. The summed E-state index contributed by atoms with van der Waals surface area (Å²) in [4.78, 5) is 23.7. The van der Waals surface area contributed by atoms with Crippen LogP contribution >= 0.6 is 0 Å². The molecule has 0 aromatic heterocycles. The number of nitriles is 1. The fraction of sp³-hybridized carbons (Fsp3) is 0.250. The van der Waals surface area contributed by atoms with Gasteiger partial charge in [-0.05, 0) is 35.4 Å². The summed E-state index contributed by atoms with van der Waals surface area (Å²) in [5.74, 6) is -2.57. The number of carbonyl (C=O) groups excluding carboxylic acids is 1. The minimum absolute atomic E-state index is 0.0692. The molecule has 2 aromatic rings. The molecule has 0 saturated heterocycles. The van der Waals surface area contributed by atoms with Gasteiger partial charge in [-0.25, -0.2) is 4.79 Å². The van der Waals surface area contributed by atoms with Crippen LogP contribution in [0.15, 0.2) is 42.5 Å². The van der Waals surface area contributed by atoms with E-state index in [2.05, 4.69) is 5.32 Å². The second kappa shape index (κ2) is 9.07. The molecule has 0 bridgehead atoms. The molecule has 1 atom stereocenters. The van der Waals surface area contributed by atoms with E-state index in [9.17, 15) is 41.0 Å². The van der Waals surface area contributed by atoms with Gasteiger partial charge in [0.2, 0.25) is 5.91 Å². The molecule has 11 heteroatoms. The van der Waals surface area contributed by atoms with Crippen molar-refractivity contribution in [2.24, 2.45) is 0 Å². The van der Waals surface area contributed by atoms with Crippen molar-refractivity contribution in [3.8, 4) is 6.07 Å². The third-order valence-electron chi connectivity index (χ3n) is 4.21. The van der Waals surface area contributed by atoms with Crippen LogP contribution < -0.4 is 5.32 Å². The minimum atomic E-state index is -5.07. The van der Waals surface area contributed by atoms with E-state index in [0.29, 0.717) is 17.7 Å². The third-order valence-corrected chi connectivity index (χ3v) is 4.21. The van der Waals surface area contributed by atoms with Gasteiger partial charge < -0.3 is 10.4 Å². The van der Waals surface area contributed by atoms with Gasteiger partial charge in [-0.2, -0.15) is 31.6 Å². The lowest BCUT2D eigenvalue weighted by Crippen LogP contribution is -2.43. The highest BCUT2D eigenvalue weighted by Gasteiger charge is 2.37. The molecule has 5 nitrogen and oxygen atoms in total. The zero-order valence-corrected chi connectivity index (χ0v) is 15.5. The van der Waals surface area contributed by atoms with Gasteiger partial charge in [0.15, 0.2) is 0 Å². The number of halogens is 6. The first-order valence-electron chi connectivity index (χ1n) is 8.60. The number of carbonyl (C=O) groups is 2. The first-order valence-corrected chi connectivity index (χ1v) is 8.60. The fourth-order valence-electron chi connectivity index (χ4n) is 2.78. The second-order valence-corrected chi connectivity index (χ2v) is 6.52. The summed E-state index contributed by atoms with van der Waals surface area (Å²) < 4.78 is 77.6. The average Bonchev–Trinajstić information content (AvgIpc) is 2.66. The first kappa shape index (κ1) is 23.7. The maximum absolute atomic E-state index is 12.9. The summed E-state index contributed by atoms with van der Waals surface area (Å²) >= 11 is 0. The van der Waals surface area contributed by atoms with Gasteiger partial charge in [0, 0.05) is 6.42 Å². The van der Waals surface area contributed by atoms with Crippen molar-refractivity contribution in [1.29, 1.82) is 5.26 Å². The van der Waals surface area contributed by atoms with Crippen LogP contribution in [0, 0.1) is 11.3 Å². The van der Waals surface area contributed by atoms with Crippen LogP contribution in [0.1, 0.15) is 27.8 Å². The molecule has 0 saturated carbocycles. The molecular formula is C20H14F6N2O3. The Bertz CT molecular complexity index is 993. The van der Waals surface area contributed by atoms with Gasteiger partial charge in [0.1, 0.15) is 6.04 Å². The van der Waals surface area contributed by atoms with Crippen molar-refractivity contribution >= 4 is 11.9 Å². The highest BCUT2D eigenvalue weighted by atomic mass is 19.4. The van der Waals surface area contributed by atoms with E-state index in [-0.39, 0.29) is 18.1 Å². The lowest BCUT2D eigenvalue weighted by atomic mass is 10.00. The molecule has 0 heterocycles. The summed E-state index contributed by atoms with van der Waals surface area (Å²) in [5.41, 5.74) is -3.28. The molecule has 0 fully saturated rings. The summed E-state index contributed by atoms with van der Waals surface area (Å²) in [6, 6.07) is 7.01. The van der Waals surface area contributed by atoms with Crippen LogP contribution in [0.2, 0.25) is 0 Å². The highest BCUT2D eigenvalue weighted by molar-refractivity contribution is 5.85. The van der Waals surface area contributed by atoms with Crippen LogP contribution in [-0.2, 0) is 34.8 Å². The number of hydrogen-bond donors (Lipinski definition) is 2. The molecule has 2 rings (SSSR count). The van der Waals surface area contributed by atoms with E-state index in [1.54, 1.807) is 6.07 Å². The zero-order valence-electron chi connectivity index (χ0n) is 15.5. The van der Waals surface area contributed by atoms with Crippen LogP contribution in [0.25, 0.3) is 0 Å². The standard InChI is InChI=1S/C20H14F6N2O3/c21-19(22,23)14-5-11(6-15(9-14)20(24,25)26)7-17(29)28-16(18(30)31)8-12-3-1-2-4-13(12)10-27/h1-6,9,16H,7-8H2,(H,28,29)(H,30,31)/t16-/m1/s1. The van der Waals surface area contributed by atoms with Crippen molar-refractivity contribution in [1.82, 2.24) is 5.32 Å². The predicted molar refractivity (Wildman–Crippen MR) is 94.6 cm³/mol. The van der Waals surface area contributed by atoms with E-state index < -0.39 is 53.4 Å². The molecular weight excluding hydrogens is 430 g/mol. The van der Waals surface area contributed by atoms with Crippen LogP contribution in [0.3, 0.4) is 0 Å². The molecule has 0 unspecified atom stereocenters. The van der Waals surface area contributed by atoms with E-state index in [4.69, 9.17) is 5.26 Å². The van der Waals surface area contributed by atoms with Gasteiger partial charge in [-0.3, -0.25) is 4.79 Å². The molecule has 0 aliphatic rings. The molecule has 31 heavy (non-hydrogen) atoms. The normalized spacial score (nSPS) is 12.7. The van der Waals surface area contributed by atoms with E-state index >= 15 is 0 Å². The van der Waals surface area contributed by atoms with Crippen molar-refractivity contribution in [3.05, 3.63) is 70.3 Å². The topological polar surface area (TPSA) is 90.2 Å². The Morgan fingerprint density at radius 2 is 1.55 bits per heavy atom. The van der Waals surface area contributed by atoms with Gasteiger partial charge in [0.25, 0.3) is 0 Å². The van der Waals surface area contributed by atoms with Gasteiger partial charge in [-0.1, -0.05) is 18.2 Å². The number of rotatable bonds is 6. The largest absolute Gasteiger partial charge is 0.480 e. The number of alkyl halides is 6. The van der Waals surface area contributed by atoms with Crippen LogP contribution in [0.4, 0.5) is 26.3 Å². The van der Waals surface area contributed by atoms with Gasteiger partial charge in [0.05, 0.1) is 29.2 Å². The Hall–Kier alpha value is -3.55. The average molecular weight is 444 g/mol. The van der Waals surface area contributed by atoms with Gasteiger partial charge in [-0.15, -0.1) is 0 Å². The number of nitrogens with zero attached hydrogens (tertiary/aromatic N) is 1. The smallest absolute Gasteiger partial charge is 0.416 e. The molecule has 1 amide bonds. The van der Waals surface area contributed by atoms with E-state index in [1.807, 2.05) is 6.07 Å². The zero-order chi connectivity index (χ0) is 23.4. The SMILES string of the molecule is N#Cc1ccccc1C[C@@H](NC(=O)Cc1cc(C(F)(F)F)cc(C(F)(F)F)c1)C(=O)O.